The molecule has 0 unspecified atom stereocenters. The molecule has 0 bridgehead atoms. The fraction of sp³-hybridized carbons (Fsp3) is 0.500. The summed E-state index contributed by atoms with van der Waals surface area (Å²) < 4.78 is 0. The summed E-state index contributed by atoms with van der Waals surface area (Å²) in [7, 11) is 0. The van der Waals surface area contributed by atoms with E-state index >= 15 is 0 Å². The van der Waals surface area contributed by atoms with Gasteiger partial charge in [-0.2, -0.15) is 0 Å². The van der Waals surface area contributed by atoms with Crippen molar-refractivity contribution in [1.82, 2.24) is 4.98 Å². The average Bonchev–Trinajstić information content (AvgIpc) is 2.68. The van der Waals surface area contributed by atoms with E-state index in [2.05, 4.69) is 4.98 Å². The monoisotopic (exact) mass is 167 g/mol. The van der Waals surface area contributed by atoms with Gasteiger partial charge in [-0.3, -0.25) is 4.79 Å². The minimum absolute atomic E-state index is 0.161. The lowest BCUT2D eigenvalue weighted by Gasteiger charge is -1.92. The van der Waals surface area contributed by atoms with Gasteiger partial charge >= 0.3 is 0 Å². The van der Waals surface area contributed by atoms with E-state index in [1.807, 2.05) is 0 Å². The van der Waals surface area contributed by atoms with Gasteiger partial charge in [0, 0.05) is 12.8 Å². The Morgan fingerprint density at radius 3 is 3.00 bits per heavy atom. The molecule has 0 radical (unpaired) electrons. The lowest BCUT2D eigenvalue weighted by molar-refractivity contribution is 0.102. The molecule has 2 nitrogen and oxygen atoms in total. The van der Waals surface area contributed by atoms with Gasteiger partial charge in [0.1, 0.15) is 0 Å². The summed E-state index contributed by atoms with van der Waals surface area (Å²) in [6, 6.07) is 0. The van der Waals surface area contributed by atoms with E-state index < -0.39 is 0 Å². The number of rotatable bonds is 2. The molecule has 0 aliphatic heterocycles. The Bertz CT molecular complexity index is 288. The van der Waals surface area contributed by atoms with Gasteiger partial charge in [0.2, 0.25) is 0 Å². The Hall–Kier alpha value is -0.700. The minimum Gasteiger partial charge on any atom is -0.294 e. The Balaban J connectivity index is 2.37. The molecular weight excluding hydrogens is 158 g/mol. The second kappa shape index (κ2) is 2.41. The molecule has 1 saturated carbocycles. The number of nitrogens with zero attached hydrogens (tertiary/aromatic N) is 1. The highest BCUT2D eigenvalue weighted by Gasteiger charge is 2.29. The normalized spacial score (nSPS) is 16.8. The molecule has 1 aliphatic rings. The van der Waals surface area contributed by atoms with E-state index in [9.17, 15) is 4.79 Å². The van der Waals surface area contributed by atoms with Crippen LogP contribution in [0.25, 0.3) is 0 Å². The maximum Gasteiger partial charge on any atom is 0.171 e. The summed E-state index contributed by atoms with van der Waals surface area (Å²) >= 11 is 1.47. The SMILES string of the molecule is CC(=O)c1scnc1C1CC1. The van der Waals surface area contributed by atoms with Crippen LogP contribution < -0.4 is 0 Å². The van der Waals surface area contributed by atoms with Gasteiger partial charge in [-0.15, -0.1) is 11.3 Å². The van der Waals surface area contributed by atoms with Crippen molar-refractivity contribution in [3.63, 3.8) is 0 Å². The molecule has 1 aromatic heterocycles. The number of hydrogen-bond acceptors (Lipinski definition) is 3. The molecule has 0 amide bonds. The van der Waals surface area contributed by atoms with Crippen LogP contribution in [-0.2, 0) is 0 Å². The van der Waals surface area contributed by atoms with Gasteiger partial charge in [0.05, 0.1) is 16.1 Å². The molecule has 1 fully saturated rings. The first-order valence-corrected chi connectivity index (χ1v) is 4.61. The van der Waals surface area contributed by atoms with Crippen molar-refractivity contribution in [1.29, 1.82) is 0 Å². The molecule has 11 heavy (non-hydrogen) atoms. The molecule has 1 aromatic rings. The van der Waals surface area contributed by atoms with Crippen molar-refractivity contribution in [2.75, 3.05) is 0 Å². The predicted molar refractivity (Wildman–Crippen MR) is 44.1 cm³/mol. The molecule has 2 rings (SSSR count). The van der Waals surface area contributed by atoms with E-state index in [0.717, 1.165) is 10.6 Å². The van der Waals surface area contributed by atoms with E-state index in [0.29, 0.717) is 5.92 Å². The van der Waals surface area contributed by atoms with Crippen LogP contribution in [0.15, 0.2) is 5.51 Å². The zero-order chi connectivity index (χ0) is 7.84. The first-order valence-electron chi connectivity index (χ1n) is 3.73. The number of thiazole rings is 1. The highest BCUT2D eigenvalue weighted by atomic mass is 32.1. The van der Waals surface area contributed by atoms with Crippen LogP contribution in [0.2, 0.25) is 0 Å². The molecule has 0 atom stereocenters. The number of carbonyl (C=O) groups is 1. The molecule has 0 N–H and O–H groups in total. The highest BCUT2D eigenvalue weighted by molar-refractivity contribution is 7.11. The Morgan fingerprint density at radius 2 is 2.45 bits per heavy atom. The van der Waals surface area contributed by atoms with Crippen molar-refractivity contribution in [3.8, 4) is 0 Å². The molecule has 0 spiro atoms. The molecule has 1 heterocycles. The first-order chi connectivity index (χ1) is 5.29. The van der Waals surface area contributed by atoms with Crippen LogP contribution >= 0.6 is 11.3 Å². The van der Waals surface area contributed by atoms with Crippen LogP contribution in [-0.4, -0.2) is 10.8 Å². The Labute approximate surface area is 69.3 Å². The first kappa shape index (κ1) is 6.98. The van der Waals surface area contributed by atoms with Crippen LogP contribution in [0, 0.1) is 0 Å². The van der Waals surface area contributed by atoms with Crippen LogP contribution in [0.5, 0.6) is 0 Å². The Kier molecular flexibility index (Phi) is 1.53. The maximum atomic E-state index is 11.0. The van der Waals surface area contributed by atoms with Gasteiger partial charge in [0.25, 0.3) is 0 Å². The lowest BCUT2D eigenvalue weighted by Crippen LogP contribution is -1.93. The van der Waals surface area contributed by atoms with Crippen LogP contribution in [0.4, 0.5) is 0 Å². The number of ketones is 1. The topological polar surface area (TPSA) is 30.0 Å². The number of carbonyl (C=O) groups excluding carboxylic acids is 1. The van der Waals surface area contributed by atoms with E-state index in [-0.39, 0.29) is 5.78 Å². The summed E-state index contributed by atoms with van der Waals surface area (Å²) in [5.74, 6) is 0.759. The molecule has 0 aromatic carbocycles. The largest absolute Gasteiger partial charge is 0.294 e. The summed E-state index contributed by atoms with van der Waals surface area (Å²) in [4.78, 5) is 16.1. The third-order valence-corrected chi connectivity index (χ3v) is 2.82. The second-order valence-corrected chi connectivity index (χ2v) is 3.75. The number of hydrogen-bond donors (Lipinski definition) is 0. The standard InChI is InChI=1S/C8H9NOS/c1-5(10)8-7(6-2-3-6)9-4-11-8/h4,6H,2-3H2,1H3. The van der Waals surface area contributed by atoms with Crippen LogP contribution in [0.3, 0.4) is 0 Å². The van der Waals surface area contributed by atoms with Gasteiger partial charge in [-0.1, -0.05) is 0 Å². The molecule has 3 heteroatoms. The molecule has 1 aliphatic carbocycles. The summed E-state index contributed by atoms with van der Waals surface area (Å²) in [6.07, 6.45) is 2.42. The number of Topliss-reactive ketones (excluding diaryl/α,β-unsaturated/α-hetero) is 1. The number of aromatic nitrogens is 1. The third-order valence-electron chi connectivity index (χ3n) is 1.88. The van der Waals surface area contributed by atoms with Crippen molar-refractivity contribution >= 4 is 17.1 Å². The van der Waals surface area contributed by atoms with Crippen molar-refractivity contribution in [3.05, 3.63) is 16.1 Å². The fourth-order valence-electron chi connectivity index (χ4n) is 1.17. The van der Waals surface area contributed by atoms with Crippen molar-refractivity contribution in [2.45, 2.75) is 25.7 Å². The van der Waals surface area contributed by atoms with Crippen LogP contribution in [0.1, 0.15) is 41.0 Å². The quantitative estimate of drug-likeness (QED) is 0.632. The van der Waals surface area contributed by atoms with E-state index in [1.165, 1.54) is 24.2 Å². The summed E-state index contributed by atoms with van der Waals surface area (Å²) in [5.41, 5.74) is 2.81. The lowest BCUT2D eigenvalue weighted by atomic mass is 10.2. The predicted octanol–water partition coefficient (Wildman–Crippen LogP) is 2.22. The van der Waals surface area contributed by atoms with E-state index in [4.69, 9.17) is 0 Å². The molecular formula is C8H9NOS. The molecule has 0 saturated heterocycles. The summed E-state index contributed by atoms with van der Waals surface area (Å²) in [5, 5.41) is 0. The van der Waals surface area contributed by atoms with Crippen molar-refractivity contribution in [2.24, 2.45) is 0 Å². The second-order valence-electron chi connectivity index (χ2n) is 2.90. The third kappa shape index (κ3) is 1.20. The Morgan fingerprint density at radius 1 is 1.73 bits per heavy atom. The zero-order valence-corrected chi connectivity index (χ0v) is 7.15. The maximum absolute atomic E-state index is 11.0. The highest BCUT2D eigenvalue weighted by Crippen LogP contribution is 2.41. The van der Waals surface area contributed by atoms with E-state index in [1.54, 1.807) is 12.4 Å². The van der Waals surface area contributed by atoms with Gasteiger partial charge in [-0.05, 0) is 12.8 Å². The fourth-order valence-corrected chi connectivity index (χ4v) is 1.94. The van der Waals surface area contributed by atoms with Gasteiger partial charge < -0.3 is 0 Å². The molecule has 58 valence electrons. The zero-order valence-electron chi connectivity index (χ0n) is 6.33. The smallest absolute Gasteiger partial charge is 0.171 e. The average molecular weight is 167 g/mol. The summed E-state index contributed by atoms with van der Waals surface area (Å²) in [6.45, 7) is 1.61. The van der Waals surface area contributed by atoms with Gasteiger partial charge in [-0.25, -0.2) is 4.98 Å². The minimum atomic E-state index is 0.161. The van der Waals surface area contributed by atoms with Crippen molar-refractivity contribution < 1.29 is 4.79 Å². The van der Waals surface area contributed by atoms with Gasteiger partial charge in [0.15, 0.2) is 5.78 Å².